The van der Waals surface area contributed by atoms with Crippen LogP contribution < -0.4 is 14.8 Å². The molecular formula is C20H21NO4. The van der Waals surface area contributed by atoms with Crippen molar-refractivity contribution < 1.29 is 19.4 Å². The zero-order valence-corrected chi connectivity index (χ0v) is 14.3. The Morgan fingerprint density at radius 2 is 1.96 bits per heavy atom. The van der Waals surface area contributed by atoms with Crippen LogP contribution in [0.2, 0.25) is 0 Å². The summed E-state index contributed by atoms with van der Waals surface area (Å²) in [7, 11) is 1.57. The summed E-state index contributed by atoms with van der Waals surface area (Å²) in [4.78, 5) is 11.5. The van der Waals surface area contributed by atoms with E-state index in [0.717, 1.165) is 17.5 Å². The lowest BCUT2D eigenvalue weighted by molar-refractivity contribution is -0.118. The first-order valence-corrected chi connectivity index (χ1v) is 7.96. The molecule has 130 valence electrons. The monoisotopic (exact) mass is 339 g/mol. The second kappa shape index (κ2) is 9.36. The summed E-state index contributed by atoms with van der Waals surface area (Å²) in [5.41, 5.74) is 2.30. The fourth-order valence-electron chi connectivity index (χ4n) is 2.28. The van der Waals surface area contributed by atoms with Crippen LogP contribution in [0.4, 0.5) is 5.69 Å². The maximum absolute atomic E-state index is 11.5. The predicted octanol–water partition coefficient (Wildman–Crippen LogP) is 3.09. The zero-order valence-electron chi connectivity index (χ0n) is 14.3. The van der Waals surface area contributed by atoms with Crippen LogP contribution in [-0.2, 0) is 4.79 Å². The molecule has 0 aromatic heterocycles. The highest BCUT2D eigenvalue weighted by atomic mass is 16.5. The molecule has 0 radical (unpaired) electrons. The average molecular weight is 339 g/mol. The van der Waals surface area contributed by atoms with Crippen molar-refractivity contribution >= 4 is 11.6 Å². The molecule has 0 atom stereocenters. The molecule has 25 heavy (non-hydrogen) atoms. The first-order chi connectivity index (χ1) is 12.2. The number of carbonyl (C=O) groups excluding carboxylic acids is 1. The van der Waals surface area contributed by atoms with E-state index in [-0.39, 0.29) is 0 Å². The fourth-order valence-corrected chi connectivity index (χ4v) is 2.28. The number of aliphatic hydroxyl groups is 1. The van der Waals surface area contributed by atoms with E-state index in [1.54, 1.807) is 13.2 Å². The Bertz CT molecular complexity index is 790. The molecule has 0 aliphatic carbocycles. The Morgan fingerprint density at radius 3 is 2.68 bits per heavy atom. The lowest BCUT2D eigenvalue weighted by Gasteiger charge is -2.14. The molecule has 2 N–H and O–H groups in total. The molecule has 5 heteroatoms. The van der Waals surface area contributed by atoms with E-state index < -0.39 is 12.5 Å². The number of amides is 1. The highest BCUT2D eigenvalue weighted by Gasteiger charge is 2.11. The largest absolute Gasteiger partial charge is 0.493 e. The predicted molar refractivity (Wildman–Crippen MR) is 97.7 cm³/mol. The summed E-state index contributed by atoms with van der Waals surface area (Å²) in [6.07, 6.45) is 0.787. The van der Waals surface area contributed by atoms with E-state index in [9.17, 15) is 4.79 Å². The van der Waals surface area contributed by atoms with E-state index in [4.69, 9.17) is 14.6 Å². The van der Waals surface area contributed by atoms with E-state index in [1.165, 1.54) is 0 Å². The molecule has 1 amide bonds. The van der Waals surface area contributed by atoms with Crippen LogP contribution in [0.15, 0.2) is 42.5 Å². The minimum Gasteiger partial charge on any atom is -0.493 e. The van der Waals surface area contributed by atoms with E-state index in [2.05, 4.69) is 17.2 Å². The number of ether oxygens (including phenoxy) is 2. The zero-order chi connectivity index (χ0) is 18.1. The number of carbonyl (C=O) groups is 1. The van der Waals surface area contributed by atoms with Gasteiger partial charge in [-0.25, -0.2) is 0 Å². The van der Waals surface area contributed by atoms with Gasteiger partial charge in [0, 0.05) is 17.7 Å². The molecular weight excluding hydrogens is 318 g/mol. The van der Waals surface area contributed by atoms with Crippen molar-refractivity contribution in [2.75, 3.05) is 25.6 Å². The van der Waals surface area contributed by atoms with Gasteiger partial charge in [-0.15, -0.1) is 5.92 Å². The molecule has 0 fully saturated rings. The number of aliphatic hydroxyl groups excluding tert-OH is 1. The first kappa shape index (κ1) is 18.4. The normalized spacial score (nSPS) is 9.72. The van der Waals surface area contributed by atoms with Gasteiger partial charge in [-0.3, -0.25) is 4.79 Å². The van der Waals surface area contributed by atoms with E-state index in [0.29, 0.717) is 23.8 Å². The molecule has 0 saturated carbocycles. The molecule has 0 heterocycles. The molecule has 2 aromatic rings. The van der Waals surface area contributed by atoms with Crippen molar-refractivity contribution in [3.8, 4) is 34.5 Å². The van der Waals surface area contributed by atoms with Gasteiger partial charge in [-0.2, -0.15) is 0 Å². The van der Waals surface area contributed by atoms with Crippen LogP contribution in [-0.4, -0.2) is 31.3 Å². The smallest absolute Gasteiger partial charge is 0.250 e. The third kappa shape index (κ3) is 5.00. The number of benzene rings is 2. The molecule has 0 spiro atoms. The van der Waals surface area contributed by atoms with Gasteiger partial charge in [0.25, 0.3) is 0 Å². The van der Waals surface area contributed by atoms with Gasteiger partial charge in [0.1, 0.15) is 13.2 Å². The molecule has 0 bridgehead atoms. The Balaban J connectivity index is 2.30. The molecule has 5 nitrogen and oxygen atoms in total. The lowest BCUT2D eigenvalue weighted by Crippen LogP contribution is -2.15. The fraction of sp³-hybridized carbons (Fsp3) is 0.250. The number of methoxy groups -OCH3 is 1. The summed E-state index contributed by atoms with van der Waals surface area (Å²) in [6.45, 7) is 1.71. The van der Waals surface area contributed by atoms with Crippen molar-refractivity contribution in [3.63, 3.8) is 0 Å². The number of rotatable bonds is 6. The van der Waals surface area contributed by atoms with Crippen LogP contribution in [0.25, 0.3) is 11.1 Å². The SMILES string of the molecule is CCC#CCOc1ccc(-c2ccccc2NC(=O)CO)cc1OC. The van der Waals surface area contributed by atoms with Crippen LogP contribution in [0, 0.1) is 11.8 Å². The lowest BCUT2D eigenvalue weighted by atomic mass is 10.0. The van der Waals surface area contributed by atoms with Gasteiger partial charge in [0.05, 0.1) is 7.11 Å². The van der Waals surface area contributed by atoms with Gasteiger partial charge in [-0.1, -0.05) is 37.1 Å². The second-order valence-corrected chi connectivity index (χ2v) is 5.11. The van der Waals surface area contributed by atoms with Gasteiger partial charge < -0.3 is 19.9 Å². The summed E-state index contributed by atoms with van der Waals surface area (Å²) in [5, 5.41) is 11.6. The van der Waals surface area contributed by atoms with Crippen LogP contribution in [0.5, 0.6) is 11.5 Å². The molecule has 0 saturated heterocycles. The number of anilines is 1. The Morgan fingerprint density at radius 1 is 1.16 bits per heavy atom. The van der Waals surface area contributed by atoms with Crippen molar-refractivity contribution in [2.45, 2.75) is 13.3 Å². The topological polar surface area (TPSA) is 67.8 Å². The number of hydrogen-bond acceptors (Lipinski definition) is 4. The van der Waals surface area contributed by atoms with Gasteiger partial charge in [0.2, 0.25) is 5.91 Å². The Kier molecular flexibility index (Phi) is 6.87. The highest BCUT2D eigenvalue weighted by molar-refractivity contribution is 5.96. The van der Waals surface area contributed by atoms with Crippen molar-refractivity contribution in [3.05, 3.63) is 42.5 Å². The number of para-hydroxylation sites is 1. The van der Waals surface area contributed by atoms with Gasteiger partial charge in [-0.05, 0) is 23.8 Å². The van der Waals surface area contributed by atoms with Crippen molar-refractivity contribution in [2.24, 2.45) is 0 Å². The Labute approximate surface area is 147 Å². The first-order valence-electron chi connectivity index (χ1n) is 7.96. The number of hydrogen-bond donors (Lipinski definition) is 2. The third-order valence-corrected chi connectivity index (χ3v) is 3.42. The summed E-state index contributed by atoms with van der Waals surface area (Å²) in [6, 6.07) is 12.9. The average Bonchev–Trinajstić information content (AvgIpc) is 2.65. The van der Waals surface area contributed by atoms with Crippen LogP contribution in [0.1, 0.15) is 13.3 Å². The van der Waals surface area contributed by atoms with Crippen LogP contribution >= 0.6 is 0 Å². The molecule has 2 aromatic carbocycles. The van der Waals surface area contributed by atoms with E-state index >= 15 is 0 Å². The molecule has 2 rings (SSSR count). The Hall–Kier alpha value is -2.97. The standard InChI is InChI=1S/C20H21NO4/c1-3-4-7-12-25-18-11-10-15(13-19(18)24-2)16-8-5-6-9-17(16)21-20(23)14-22/h5-6,8-11,13,22H,3,12,14H2,1-2H3,(H,21,23). The van der Waals surface area contributed by atoms with E-state index in [1.807, 2.05) is 43.3 Å². The maximum Gasteiger partial charge on any atom is 0.250 e. The minimum absolute atomic E-state index is 0.298. The summed E-state index contributed by atoms with van der Waals surface area (Å²) >= 11 is 0. The molecule has 0 aliphatic heterocycles. The van der Waals surface area contributed by atoms with Crippen LogP contribution in [0.3, 0.4) is 0 Å². The van der Waals surface area contributed by atoms with Gasteiger partial charge in [0.15, 0.2) is 11.5 Å². The summed E-state index contributed by atoms with van der Waals surface area (Å²) in [5.74, 6) is 6.59. The highest BCUT2D eigenvalue weighted by Crippen LogP contribution is 2.35. The van der Waals surface area contributed by atoms with Crippen molar-refractivity contribution in [1.82, 2.24) is 0 Å². The van der Waals surface area contributed by atoms with Crippen molar-refractivity contribution in [1.29, 1.82) is 0 Å². The van der Waals surface area contributed by atoms with Gasteiger partial charge >= 0.3 is 0 Å². The maximum atomic E-state index is 11.5. The molecule has 0 aliphatic rings. The summed E-state index contributed by atoms with van der Waals surface area (Å²) < 4.78 is 11.0. The minimum atomic E-state index is -0.566. The third-order valence-electron chi connectivity index (χ3n) is 3.42. The quantitative estimate of drug-likeness (QED) is 0.794. The second-order valence-electron chi connectivity index (χ2n) is 5.11. The number of nitrogens with one attached hydrogen (secondary N) is 1. The molecule has 0 unspecified atom stereocenters.